The minimum atomic E-state index is -0.142. The quantitative estimate of drug-likeness (QED) is 0.858. The van der Waals surface area contributed by atoms with E-state index in [2.05, 4.69) is 38.0 Å². The fourth-order valence-corrected chi connectivity index (χ4v) is 2.32. The Bertz CT molecular complexity index is 433. The minimum absolute atomic E-state index is 0.142. The summed E-state index contributed by atoms with van der Waals surface area (Å²) in [5.74, 6) is 1.39. The number of nitrogens with one attached hydrogen (secondary N) is 1. The van der Waals surface area contributed by atoms with Crippen LogP contribution in [-0.4, -0.2) is 17.4 Å². The summed E-state index contributed by atoms with van der Waals surface area (Å²) < 4.78 is 0. The molecule has 0 aromatic carbocycles. The van der Waals surface area contributed by atoms with E-state index in [-0.39, 0.29) is 5.91 Å². The molecule has 0 aliphatic rings. The molecule has 1 rings (SSSR count). The van der Waals surface area contributed by atoms with E-state index >= 15 is 0 Å². The Morgan fingerprint density at radius 1 is 1.32 bits per heavy atom. The zero-order valence-electron chi connectivity index (χ0n) is 12.5. The van der Waals surface area contributed by atoms with Crippen LogP contribution < -0.4 is 11.1 Å². The molecule has 4 nitrogen and oxygen atoms in total. The summed E-state index contributed by atoms with van der Waals surface area (Å²) in [6, 6.07) is 1.72. The van der Waals surface area contributed by atoms with Crippen molar-refractivity contribution in [1.29, 1.82) is 0 Å². The van der Waals surface area contributed by atoms with Crippen molar-refractivity contribution < 1.29 is 4.79 Å². The van der Waals surface area contributed by atoms with Gasteiger partial charge in [0.15, 0.2) is 0 Å². The highest BCUT2D eigenvalue weighted by Gasteiger charge is 2.19. The van der Waals surface area contributed by atoms with E-state index in [0.717, 1.165) is 5.69 Å². The van der Waals surface area contributed by atoms with E-state index in [9.17, 15) is 4.79 Å². The molecule has 0 spiro atoms. The first-order chi connectivity index (χ1) is 8.82. The third kappa shape index (κ3) is 4.23. The SMILES string of the molecule is Cc1cc(N)c(C(=O)NCC(C(C)C)C(C)C)cn1. The van der Waals surface area contributed by atoms with Gasteiger partial charge >= 0.3 is 0 Å². The molecular formula is C15H25N3O. The smallest absolute Gasteiger partial charge is 0.254 e. The maximum atomic E-state index is 12.1. The van der Waals surface area contributed by atoms with Crippen LogP contribution in [0.15, 0.2) is 12.3 Å². The summed E-state index contributed by atoms with van der Waals surface area (Å²) in [5.41, 5.74) is 7.60. The largest absolute Gasteiger partial charge is 0.398 e. The number of anilines is 1. The molecule has 3 N–H and O–H groups in total. The Hall–Kier alpha value is -1.58. The second kappa shape index (κ2) is 6.55. The lowest BCUT2D eigenvalue weighted by molar-refractivity contribution is 0.0937. The van der Waals surface area contributed by atoms with Crippen LogP contribution in [0.3, 0.4) is 0 Å². The third-order valence-electron chi connectivity index (χ3n) is 3.53. The normalized spacial score (nSPS) is 11.4. The van der Waals surface area contributed by atoms with E-state index in [0.29, 0.717) is 35.5 Å². The third-order valence-corrected chi connectivity index (χ3v) is 3.53. The number of aromatic nitrogens is 1. The lowest BCUT2D eigenvalue weighted by Crippen LogP contribution is -2.34. The molecule has 0 fully saturated rings. The summed E-state index contributed by atoms with van der Waals surface area (Å²) in [7, 11) is 0. The number of nitrogens with zero attached hydrogens (tertiary/aromatic N) is 1. The van der Waals surface area contributed by atoms with Crippen LogP contribution in [0.5, 0.6) is 0 Å². The van der Waals surface area contributed by atoms with Gasteiger partial charge in [0, 0.05) is 24.1 Å². The molecule has 19 heavy (non-hydrogen) atoms. The first-order valence-electron chi connectivity index (χ1n) is 6.83. The van der Waals surface area contributed by atoms with Gasteiger partial charge in [-0.15, -0.1) is 0 Å². The highest BCUT2D eigenvalue weighted by Crippen LogP contribution is 2.20. The molecule has 0 unspecified atom stereocenters. The number of rotatable bonds is 5. The van der Waals surface area contributed by atoms with E-state index in [1.165, 1.54) is 0 Å². The Labute approximate surface area is 115 Å². The summed E-state index contributed by atoms with van der Waals surface area (Å²) in [5, 5.41) is 2.96. The molecule has 1 amide bonds. The number of carbonyl (C=O) groups is 1. The van der Waals surface area contributed by atoms with Gasteiger partial charge in [0.25, 0.3) is 5.91 Å². The van der Waals surface area contributed by atoms with Crippen LogP contribution in [0.4, 0.5) is 5.69 Å². The van der Waals surface area contributed by atoms with Crippen molar-refractivity contribution in [2.75, 3.05) is 12.3 Å². The van der Waals surface area contributed by atoms with Gasteiger partial charge in [-0.1, -0.05) is 27.7 Å². The van der Waals surface area contributed by atoms with Gasteiger partial charge < -0.3 is 11.1 Å². The number of hydrogen-bond donors (Lipinski definition) is 2. The summed E-state index contributed by atoms with van der Waals surface area (Å²) in [4.78, 5) is 16.2. The lowest BCUT2D eigenvalue weighted by atomic mass is 9.85. The topological polar surface area (TPSA) is 68.0 Å². The molecule has 1 aromatic rings. The summed E-state index contributed by atoms with van der Waals surface area (Å²) in [6.07, 6.45) is 1.54. The minimum Gasteiger partial charge on any atom is -0.398 e. The van der Waals surface area contributed by atoms with Gasteiger partial charge in [-0.2, -0.15) is 0 Å². The summed E-state index contributed by atoms with van der Waals surface area (Å²) >= 11 is 0. The second-order valence-electron chi connectivity index (χ2n) is 5.77. The van der Waals surface area contributed by atoms with E-state index in [1.54, 1.807) is 12.3 Å². The van der Waals surface area contributed by atoms with Crippen molar-refractivity contribution in [3.05, 3.63) is 23.5 Å². The predicted octanol–water partition coefficient (Wildman–Crippen LogP) is 2.63. The fourth-order valence-electron chi connectivity index (χ4n) is 2.32. The van der Waals surface area contributed by atoms with Crippen LogP contribution in [0.2, 0.25) is 0 Å². The monoisotopic (exact) mass is 263 g/mol. The van der Waals surface area contributed by atoms with Crippen molar-refractivity contribution >= 4 is 11.6 Å². The second-order valence-corrected chi connectivity index (χ2v) is 5.77. The fraction of sp³-hybridized carbons (Fsp3) is 0.600. The van der Waals surface area contributed by atoms with Gasteiger partial charge in [-0.25, -0.2) is 0 Å². The van der Waals surface area contributed by atoms with Crippen molar-refractivity contribution in [2.24, 2.45) is 17.8 Å². The van der Waals surface area contributed by atoms with E-state index in [4.69, 9.17) is 5.73 Å². The van der Waals surface area contributed by atoms with Gasteiger partial charge in [0.1, 0.15) is 0 Å². The van der Waals surface area contributed by atoms with Crippen LogP contribution in [0, 0.1) is 24.7 Å². The van der Waals surface area contributed by atoms with Crippen molar-refractivity contribution in [2.45, 2.75) is 34.6 Å². The van der Waals surface area contributed by atoms with Gasteiger partial charge in [0.05, 0.1) is 5.56 Å². The average molecular weight is 263 g/mol. The lowest BCUT2D eigenvalue weighted by Gasteiger charge is -2.25. The molecule has 0 bridgehead atoms. The molecule has 4 heteroatoms. The number of carbonyl (C=O) groups excluding carboxylic acids is 1. The van der Waals surface area contributed by atoms with Gasteiger partial charge in [-0.05, 0) is 30.7 Å². The van der Waals surface area contributed by atoms with E-state index < -0.39 is 0 Å². The van der Waals surface area contributed by atoms with Crippen LogP contribution in [-0.2, 0) is 0 Å². The average Bonchev–Trinajstić information content (AvgIpc) is 2.27. The van der Waals surface area contributed by atoms with Crippen LogP contribution >= 0.6 is 0 Å². The molecule has 0 atom stereocenters. The molecular weight excluding hydrogens is 238 g/mol. The molecule has 1 aromatic heterocycles. The van der Waals surface area contributed by atoms with E-state index in [1.807, 2.05) is 6.92 Å². The standard InChI is InChI=1S/C15H25N3O/c1-9(2)12(10(3)4)7-18-15(19)13-8-17-11(5)6-14(13)16/h6,8-10,12H,7H2,1-5H3,(H2,16,17)(H,18,19). The number of pyridine rings is 1. The van der Waals surface area contributed by atoms with Gasteiger partial charge in [0.2, 0.25) is 0 Å². The number of amides is 1. The number of aryl methyl sites for hydroxylation is 1. The predicted molar refractivity (Wildman–Crippen MR) is 78.9 cm³/mol. The first-order valence-corrected chi connectivity index (χ1v) is 6.83. The maximum Gasteiger partial charge on any atom is 0.254 e. The zero-order chi connectivity index (χ0) is 14.6. The van der Waals surface area contributed by atoms with Crippen LogP contribution in [0.1, 0.15) is 43.7 Å². The number of hydrogen-bond acceptors (Lipinski definition) is 3. The Morgan fingerprint density at radius 2 is 1.89 bits per heavy atom. The van der Waals surface area contributed by atoms with Crippen LogP contribution in [0.25, 0.3) is 0 Å². The maximum absolute atomic E-state index is 12.1. The molecule has 1 heterocycles. The first kappa shape index (κ1) is 15.5. The Balaban J connectivity index is 2.69. The summed E-state index contributed by atoms with van der Waals surface area (Å²) in [6.45, 7) is 11.2. The Morgan fingerprint density at radius 3 is 2.37 bits per heavy atom. The molecule has 106 valence electrons. The molecule has 0 saturated heterocycles. The van der Waals surface area contributed by atoms with Crippen molar-refractivity contribution in [1.82, 2.24) is 10.3 Å². The number of nitrogen functional groups attached to an aromatic ring is 1. The van der Waals surface area contributed by atoms with Crippen molar-refractivity contribution in [3.8, 4) is 0 Å². The molecule has 0 aliphatic carbocycles. The molecule has 0 aliphatic heterocycles. The number of nitrogens with two attached hydrogens (primary N) is 1. The zero-order valence-corrected chi connectivity index (χ0v) is 12.5. The van der Waals surface area contributed by atoms with Gasteiger partial charge in [-0.3, -0.25) is 9.78 Å². The molecule has 0 saturated carbocycles. The highest BCUT2D eigenvalue weighted by atomic mass is 16.1. The Kier molecular flexibility index (Phi) is 5.33. The van der Waals surface area contributed by atoms with Crippen molar-refractivity contribution in [3.63, 3.8) is 0 Å². The molecule has 0 radical (unpaired) electrons. The highest BCUT2D eigenvalue weighted by molar-refractivity contribution is 5.98.